The first-order valence-electron chi connectivity index (χ1n) is 8.07. The van der Waals surface area contributed by atoms with Crippen molar-refractivity contribution in [3.8, 4) is 16.9 Å². The van der Waals surface area contributed by atoms with Crippen molar-refractivity contribution >= 4 is 11.6 Å². The lowest BCUT2D eigenvalue weighted by Gasteiger charge is -2.37. The quantitative estimate of drug-likeness (QED) is 0.687. The average molecular weight is 333 g/mol. The first-order valence-corrected chi connectivity index (χ1v) is 8.07. The molecule has 0 aliphatic carbocycles. The Morgan fingerprint density at radius 2 is 1.72 bits per heavy atom. The van der Waals surface area contributed by atoms with E-state index >= 15 is 0 Å². The zero-order valence-corrected chi connectivity index (χ0v) is 13.6. The highest BCUT2D eigenvalue weighted by Gasteiger charge is 2.32. The summed E-state index contributed by atoms with van der Waals surface area (Å²) in [4.78, 5) is 14.7. The van der Waals surface area contributed by atoms with Crippen LogP contribution >= 0.6 is 0 Å². The van der Waals surface area contributed by atoms with Crippen LogP contribution < -0.4 is 4.90 Å². The lowest BCUT2D eigenvalue weighted by molar-refractivity contribution is 0.0978. The van der Waals surface area contributed by atoms with Gasteiger partial charge in [0.1, 0.15) is 11.6 Å². The van der Waals surface area contributed by atoms with E-state index in [1.807, 2.05) is 31.2 Å². The lowest BCUT2D eigenvalue weighted by Crippen LogP contribution is -2.36. The number of aromatic hydroxyl groups is 1. The topological polar surface area (TPSA) is 40.5 Å². The molecule has 25 heavy (non-hydrogen) atoms. The second kappa shape index (κ2) is 5.74. The van der Waals surface area contributed by atoms with E-state index in [-0.39, 0.29) is 23.5 Å². The van der Waals surface area contributed by atoms with Crippen LogP contribution in [0.1, 0.15) is 28.9 Å². The summed E-state index contributed by atoms with van der Waals surface area (Å²) in [7, 11) is 0. The normalized spacial score (nSPS) is 15.4. The Kier molecular flexibility index (Phi) is 3.53. The van der Waals surface area contributed by atoms with Crippen molar-refractivity contribution in [2.24, 2.45) is 0 Å². The fourth-order valence-electron chi connectivity index (χ4n) is 3.41. The summed E-state index contributed by atoms with van der Waals surface area (Å²) >= 11 is 0. The van der Waals surface area contributed by atoms with Crippen LogP contribution in [0, 0.1) is 5.82 Å². The fourth-order valence-corrected chi connectivity index (χ4v) is 3.41. The van der Waals surface area contributed by atoms with Crippen LogP contribution in [0.4, 0.5) is 10.1 Å². The number of benzene rings is 3. The largest absolute Gasteiger partial charge is 0.508 e. The number of phenolic OH excluding ortho intramolecular Hbond substituents is 1. The summed E-state index contributed by atoms with van der Waals surface area (Å²) in [6.45, 7) is 1.94. The minimum Gasteiger partial charge on any atom is -0.508 e. The van der Waals surface area contributed by atoms with Gasteiger partial charge in [0.05, 0.1) is 11.7 Å². The number of fused-ring (bicyclic) bond motifs is 3. The molecule has 124 valence electrons. The average Bonchev–Trinajstić information content (AvgIpc) is 2.62. The van der Waals surface area contributed by atoms with E-state index in [1.54, 1.807) is 23.1 Å². The molecule has 0 spiro atoms. The van der Waals surface area contributed by atoms with Crippen molar-refractivity contribution in [3.63, 3.8) is 0 Å². The summed E-state index contributed by atoms with van der Waals surface area (Å²) in [5.74, 6) is -0.511. The molecule has 0 fully saturated rings. The molecule has 4 heteroatoms. The molecule has 1 aliphatic heterocycles. The van der Waals surface area contributed by atoms with Crippen LogP contribution in [0.2, 0.25) is 0 Å². The number of rotatable bonds is 1. The molecular weight excluding hydrogens is 317 g/mol. The number of phenols is 1. The van der Waals surface area contributed by atoms with E-state index in [4.69, 9.17) is 0 Å². The third-order valence-corrected chi connectivity index (χ3v) is 4.64. The lowest BCUT2D eigenvalue weighted by atomic mass is 9.88. The molecule has 0 unspecified atom stereocenters. The highest BCUT2D eigenvalue weighted by atomic mass is 19.1. The maximum atomic E-state index is 13.9. The number of amides is 1. The third kappa shape index (κ3) is 2.47. The predicted molar refractivity (Wildman–Crippen MR) is 95.2 cm³/mol. The number of carbonyl (C=O) groups excluding carboxylic acids is 1. The Morgan fingerprint density at radius 1 is 1.00 bits per heavy atom. The second-order valence-electron chi connectivity index (χ2n) is 6.15. The molecule has 3 nitrogen and oxygen atoms in total. The minimum absolute atomic E-state index is 0.0973. The van der Waals surface area contributed by atoms with Crippen LogP contribution in [0.15, 0.2) is 66.7 Å². The Bertz CT molecular complexity index is 966. The summed E-state index contributed by atoms with van der Waals surface area (Å²) in [5.41, 5.74) is 3.87. The molecule has 0 saturated heterocycles. The van der Waals surface area contributed by atoms with Crippen molar-refractivity contribution in [2.45, 2.75) is 13.0 Å². The van der Waals surface area contributed by atoms with Gasteiger partial charge in [0.25, 0.3) is 5.91 Å². The van der Waals surface area contributed by atoms with E-state index < -0.39 is 0 Å². The SMILES string of the molecule is C[C@H]1c2ccccc2-c2ccc(F)cc2N1C(=O)c1ccc(O)cc1. The molecule has 1 N–H and O–H groups in total. The van der Waals surface area contributed by atoms with E-state index in [2.05, 4.69) is 0 Å². The molecular formula is C21H16FNO2. The molecule has 3 aromatic carbocycles. The van der Waals surface area contributed by atoms with Crippen LogP contribution in [0.5, 0.6) is 5.75 Å². The van der Waals surface area contributed by atoms with Gasteiger partial charge in [-0.05, 0) is 60.5 Å². The molecule has 1 atom stereocenters. The Labute approximate surface area is 145 Å². The molecule has 0 saturated carbocycles. The first-order chi connectivity index (χ1) is 12.1. The molecule has 0 radical (unpaired) electrons. The second-order valence-corrected chi connectivity index (χ2v) is 6.15. The zero-order valence-electron chi connectivity index (χ0n) is 13.6. The van der Waals surface area contributed by atoms with E-state index in [0.717, 1.165) is 16.7 Å². The van der Waals surface area contributed by atoms with Gasteiger partial charge in [-0.1, -0.05) is 24.3 Å². The number of hydrogen-bond acceptors (Lipinski definition) is 2. The van der Waals surface area contributed by atoms with Crippen molar-refractivity contribution in [1.29, 1.82) is 0 Å². The van der Waals surface area contributed by atoms with Gasteiger partial charge in [0, 0.05) is 11.1 Å². The van der Waals surface area contributed by atoms with Gasteiger partial charge in [0.15, 0.2) is 0 Å². The highest BCUT2D eigenvalue weighted by molar-refractivity contribution is 6.10. The smallest absolute Gasteiger partial charge is 0.258 e. The maximum Gasteiger partial charge on any atom is 0.258 e. The number of hydrogen-bond donors (Lipinski definition) is 1. The number of anilines is 1. The van der Waals surface area contributed by atoms with Gasteiger partial charge in [-0.3, -0.25) is 4.79 Å². The van der Waals surface area contributed by atoms with Crippen molar-refractivity contribution in [1.82, 2.24) is 0 Å². The Balaban J connectivity index is 1.90. The van der Waals surface area contributed by atoms with Crippen molar-refractivity contribution in [3.05, 3.63) is 83.7 Å². The Morgan fingerprint density at radius 3 is 2.48 bits per heavy atom. The van der Waals surface area contributed by atoms with Crippen LogP contribution in [0.3, 0.4) is 0 Å². The molecule has 3 aromatic rings. The number of carbonyl (C=O) groups is 1. The monoisotopic (exact) mass is 333 g/mol. The van der Waals surface area contributed by atoms with Crippen LogP contribution in [-0.4, -0.2) is 11.0 Å². The molecule has 1 amide bonds. The number of nitrogens with zero attached hydrogens (tertiary/aromatic N) is 1. The molecule has 4 rings (SSSR count). The molecule has 1 aliphatic rings. The summed E-state index contributed by atoms with van der Waals surface area (Å²) in [6.07, 6.45) is 0. The summed E-state index contributed by atoms with van der Waals surface area (Å²) in [5, 5.41) is 9.45. The third-order valence-electron chi connectivity index (χ3n) is 4.64. The van der Waals surface area contributed by atoms with E-state index in [0.29, 0.717) is 11.3 Å². The zero-order chi connectivity index (χ0) is 17.6. The van der Waals surface area contributed by atoms with Crippen LogP contribution in [0.25, 0.3) is 11.1 Å². The van der Waals surface area contributed by atoms with Gasteiger partial charge in [-0.2, -0.15) is 0 Å². The van der Waals surface area contributed by atoms with Gasteiger partial charge in [0.2, 0.25) is 0 Å². The standard InChI is InChI=1S/C21H16FNO2/c1-13-17-4-2-3-5-18(17)19-11-8-15(22)12-20(19)23(13)21(25)14-6-9-16(24)10-7-14/h2-13,24H,1H3/t13-/m0/s1. The molecule has 1 heterocycles. The first kappa shape index (κ1) is 15.4. The predicted octanol–water partition coefficient (Wildman–Crippen LogP) is 4.92. The van der Waals surface area contributed by atoms with E-state index in [9.17, 15) is 14.3 Å². The minimum atomic E-state index is -0.381. The molecule has 0 bridgehead atoms. The van der Waals surface area contributed by atoms with Gasteiger partial charge in [-0.15, -0.1) is 0 Å². The Hall–Kier alpha value is -3.14. The van der Waals surface area contributed by atoms with E-state index in [1.165, 1.54) is 24.3 Å². The van der Waals surface area contributed by atoms with Gasteiger partial charge in [-0.25, -0.2) is 4.39 Å². The van der Waals surface area contributed by atoms with Gasteiger partial charge >= 0.3 is 0 Å². The fraction of sp³-hybridized carbons (Fsp3) is 0.0952. The van der Waals surface area contributed by atoms with Crippen LogP contribution in [-0.2, 0) is 0 Å². The van der Waals surface area contributed by atoms with Gasteiger partial charge < -0.3 is 10.0 Å². The molecule has 0 aromatic heterocycles. The van der Waals surface area contributed by atoms with Crippen molar-refractivity contribution < 1.29 is 14.3 Å². The summed E-state index contributed by atoms with van der Waals surface area (Å²) < 4.78 is 13.9. The van der Waals surface area contributed by atoms with Crippen molar-refractivity contribution in [2.75, 3.05) is 4.90 Å². The highest BCUT2D eigenvalue weighted by Crippen LogP contribution is 2.45. The number of halogens is 1. The maximum absolute atomic E-state index is 13.9. The summed E-state index contributed by atoms with van der Waals surface area (Å²) in [6, 6.07) is 18.3.